The molecule has 2 aromatic carbocycles. The van der Waals surface area contributed by atoms with Crippen molar-refractivity contribution in [2.75, 3.05) is 18.5 Å². The summed E-state index contributed by atoms with van der Waals surface area (Å²) >= 11 is 0. The molecular formula is C18H24N2O. The van der Waals surface area contributed by atoms with Gasteiger partial charge in [-0.05, 0) is 29.9 Å². The summed E-state index contributed by atoms with van der Waals surface area (Å²) in [5.74, 6) is 0. The van der Waals surface area contributed by atoms with E-state index in [0.29, 0.717) is 13.1 Å². The van der Waals surface area contributed by atoms with Gasteiger partial charge in [0.1, 0.15) is 0 Å². The largest absolute Gasteiger partial charge is 0.388 e. The lowest BCUT2D eigenvalue weighted by molar-refractivity contribution is 0.0560. The molecule has 1 aliphatic carbocycles. The Morgan fingerprint density at radius 3 is 2.43 bits per heavy atom. The van der Waals surface area contributed by atoms with E-state index < -0.39 is 5.60 Å². The zero-order chi connectivity index (χ0) is 14.9. The molecule has 2 aromatic rings. The Morgan fingerprint density at radius 2 is 1.76 bits per heavy atom. The summed E-state index contributed by atoms with van der Waals surface area (Å²) in [5.41, 5.74) is 7.65. The molecule has 3 rings (SSSR count). The number of anilines is 1. The summed E-state index contributed by atoms with van der Waals surface area (Å²) in [5, 5.41) is 13.1. The Morgan fingerprint density at radius 1 is 1.10 bits per heavy atom. The molecular weight excluding hydrogens is 260 g/mol. The zero-order valence-electron chi connectivity index (χ0n) is 12.7. The van der Waals surface area contributed by atoms with Crippen molar-refractivity contribution in [1.82, 2.24) is 0 Å². The first-order valence-corrected chi connectivity index (χ1v) is 7.77. The minimum Gasteiger partial charge on any atom is -0.388 e. The van der Waals surface area contributed by atoms with E-state index in [1.165, 1.54) is 22.0 Å². The average molecular weight is 284 g/mol. The van der Waals surface area contributed by atoms with Gasteiger partial charge in [-0.15, -0.1) is 0 Å². The van der Waals surface area contributed by atoms with E-state index in [-0.39, 0.29) is 0 Å². The molecule has 3 N–H and O–H groups in total. The number of hydrogen-bond acceptors (Lipinski definition) is 3. The number of nitrogens with zero attached hydrogens (tertiary/aromatic N) is 1. The highest BCUT2D eigenvalue weighted by molar-refractivity contribution is 5.96. The Bertz CT molecular complexity index is 632. The molecule has 0 spiro atoms. The highest BCUT2D eigenvalue weighted by Crippen LogP contribution is 2.34. The SMILES string of the molecule is CN(CC1(O)CCCC1)c1ccc(CN)c2ccccc12. The van der Waals surface area contributed by atoms with Crippen molar-refractivity contribution in [2.24, 2.45) is 5.73 Å². The molecule has 1 fully saturated rings. The molecule has 1 saturated carbocycles. The Kier molecular flexibility index (Phi) is 3.87. The first-order chi connectivity index (χ1) is 10.1. The van der Waals surface area contributed by atoms with Crippen LogP contribution in [0.15, 0.2) is 36.4 Å². The normalized spacial score (nSPS) is 17.3. The van der Waals surface area contributed by atoms with Gasteiger partial charge in [-0.25, -0.2) is 0 Å². The van der Waals surface area contributed by atoms with Gasteiger partial charge < -0.3 is 15.7 Å². The minimum absolute atomic E-state index is 0.525. The van der Waals surface area contributed by atoms with E-state index in [1.54, 1.807) is 0 Å². The van der Waals surface area contributed by atoms with Crippen molar-refractivity contribution in [2.45, 2.75) is 37.8 Å². The molecule has 1 aliphatic rings. The van der Waals surface area contributed by atoms with Gasteiger partial charge in [0, 0.05) is 31.2 Å². The van der Waals surface area contributed by atoms with E-state index in [1.807, 2.05) is 0 Å². The lowest BCUT2D eigenvalue weighted by Crippen LogP contribution is -2.39. The molecule has 0 radical (unpaired) electrons. The summed E-state index contributed by atoms with van der Waals surface area (Å²) in [6.07, 6.45) is 4.10. The Hall–Kier alpha value is -1.58. The molecule has 112 valence electrons. The number of nitrogens with two attached hydrogens (primary N) is 1. The number of benzene rings is 2. The van der Waals surface area contributed by atoms with Crippen LogP contribution in [0.5, 0.6) is 0 Å². The smallest absolute Gasteiger partial charge is 0.0821 e. The molecule has 0 aromatic heterocycles. The summed E-state index contributed by atoms with van der Waals surface area (Å²) in [6.45, 7) is 1.24. The summed E-state index contributed by atoms with van der Waals surface area (Å²) in [4.78, 5) is 2.19. The topological polar surface area (TPSA) is 49.5 Å². The molecule has 0 amide bonds. The van der Waals surface area contributed by atoms with Gasteiger partial charge in [0.2, 0.25) is 0 Å². The maximum Gasteiger partial charge on any atom is 0.0821 e. The van der Waals surface area contributed by atoms with Crippen molar-refractivity contribution in [3.63, 3.8) is 0 Å². The molecule has 3 nitrogen and oxygen atoms in total. The maximum absolute atomic E-state index is 10.6. The highest BCUT2D eigenvalue weighted by atomic mass is 16.3. The monoisotopic (exact) mass is 284 g/mol. The molecule has 0 aliphatic heterocycles. The molecule has 0 bridgehead atoms. The third-order valence-corrected chi connectivity index (χ3v) is 4.69. The molecule has 21 heavy (non-hydrogen) atoms. The predicted octanol–water partition coefficient (Wildman–Crippen LogP) is 3.04. The molecule has 0 unspecified atom stereocenters. The van der Waals surface area contributed by atoms with Gasteiger partial charge in [-0.3, -0.25) is 0 Å². The third kappa shape index (κ3) is 2.76. The van der Waals surface area contributed by atoms with Gasteiger partial charge in [0.15, 0.2) is 0 Å². The van der Waals surface area contributed by atoms with Crippen LogP contribution in [0.3, 0.4) is 0 Å². The summed E-state index contributed by atoms with van der Waals surface area (Å²) in [7, 11) is 2.07. The van der Waals surface area contributed by atoms with Crippen LogP contribution in [0.25, 0.3) is 10.8 Å². The van der Waals surface area contributed by atoms with Gasteiger partial charge in [-0.1, -0.05) is 43.2 Å². The lowest BCUT2D eigenvalue weighted by Gasteiger charge is -2.31. The number of hydrogen-bond donors (Lipinski definition) is 2. The Labute approximate surface area is 126 Å². The van der Waals surface area contributed by atoms with Crippen molar-refractivity contribution in [1.29, 1.82) is 0 Å². The van der Waals surface area contributed by atoms with Gasteiger partial charge >= 0.3 is 0 Å². The average Bonchev–Trinajstić information content (AvgIpc) is 2.92. The van der Waals surface area contributed by atoms with Crippen LogP contribution >= 0.6 is 0 Å². The quantitative estimate of drug-likeness (QED) is 0.907. The van der Waals surface area contributed by atoms with Crippen molar-refractivity contribution in [3.8, 4) is 0 Å². The fourth-order valence-corrected chi connectivity index (χ4v) is 3.57. The second-order valence-electron chi connectivity index (χ2n) is 6.28. The fourth-order valence-electron chi connectivity index (χ4n) is 3.57. The van der Waals surface area contributed by atoms with E-state index in [0.717, 1.165) is 25.7 Å². The molecule has 0 heterocycles. The van der Waals surface area contributed by atoms with Crippen molar-refractivity contribution >= 4 is 16.5 Å². The van der Waals surface area contributed by atoms with E-state index >= 15 is 0 Å². The lowest BCUT2D eigenvalue weighted by atomic mass is 9.99. The van der Waals surface area contributed by atoms with Crippen LogP contribution in [-0.2, 0) is 6.54 Å². The van der Waals surface area contributed by atoms with E-state index in [4.69, 9.17) is 5.73 Å². The Balaban J connectivity index is 1.96. The van der Waals surface area contributed by atoms with E-state index in [2.05, 4.69) is 48.3 Å². The summed E-state index contributed by atoms with van der Waals surface area (Å²) < 4.78 is 0. The zero-order valence-corrected chi connectivity index (χ0v) is 12.7. The first-order valence-electron chi connectivity index (χ1n) is 7.77. The molecule has 0 saturated heterocycles. The first kappa shape index (κ1) is 14.4. The standard InChI is InChI=1S/C18H24N2O/c1-20(13-18(21)10-4-5-11-18)17-9-8-14(12-19)15-6-2-3-7-16(15)17/h2-3,6-9,21H,4-5,10-13,19H2,1H3. The second-order valence-corrected chi connectivity index (χ2v) is 6.28. The van der Waals surface area contributed by atoms with Crippen LogP contribution in [0.1, 0.15) is 31.2 Å². The number of likely N-dealkylation sites (N-methyl/N-ethyl adjacent to an activating group) is 1. The van der Waals surface area contributed by atoms with Crippen molar-refractivity contribution < 1.29 is 5.11 Å². The maximum atomic E-state index is 10.6. The number of fused-ring (bicyclic) bond motifs is 1. The van der Waals surface area contributed by atoms with E-state index in [9.17, 15) is 5.11 Å². The van der Waals surface area contributed by atoms with Crippen LogP contribution < -0.4 is 10.6 Å². The van der Waals surface area contributed by atoms with Crippen LogP contribution in [-0.4, -0.2) is 24.3 Å². The molecule has 3 heteroatoms. The third-order valence-electron chi connectivity index (χ3n) is 4.69. The predicted molar refractivity (Wildman–Crippen MR) is 88.5 cm³/mol. The summed E-state index contributed by atoms with van der Waals surface area (Å²) in [6, 6.07) is 12.6. The van der Waals surface area contributed by atoms with Gasteiger partial charge in [0.25, 0.3) is 0 Å². The molecule has 0 atom stereocenters. The van der Waals surface area contributed by atoms with Crippen LogP contribution in [0, 0.1) is 0 Å². The second kappa shape index (κ2) is 5.66. The van der Waals surface area contributed by atoms with Crippen molar-refractivity contribution in [3.05, 3.63) is 42.0 Å². The fraction of sp³-hybridized carbons (Fsp3) is 0.444. The van der Waals surface area contributed by atoms with Gasteiger partial charge in [0.05, 0.1) is 5.60 Å². The number of rotatable bonds is 4. The highest BCUT2D eigenvalue weighted by Gasteiger charge is 2.32. The van der Waals surface area contributed by atoms with Gasteiger partial charge in [-0.2, -0.15) is 0 Å². The minimum atomic E-state index is -0.525. The number of aliphatic hydroxyl groups is 1. The van der Waals surface area contributed by atoms with Crippen LogP contribution in [0.4, 0.5) is 5.69 Å². The van der Waals surface area contributed by atoms with Crippen LogP contribution in [0.2, 0.25) is 0 Å².